The number of hydrogen-bond acceptors (Lipinski definition) is 8. The fourth-order valence-corrected chi connectivity index (χ4v) is 4.31. The molecule has 0 radical (unpaired) electrons. The summed E-state index contributed by atoms with van der Waals surface area (Å²) in [7, 11) is 7.77. The number of hydrogen-bond donors (Lipinski definition) is 2. The summed E-state index contributed by atoms with van der Waals surface area (Å²) in [4.78, 5) is 0.857. The number of nitrogens with one attached hydrogen (secondary N) is 1. The molecule has 0 bridgehead atoms. The topological polar surface area (TPSA) is 78.4 Å². The Labute approximate surface area is 208 Å². The highest BCUT2D eigenvalue weighted by atomic mass is 35.5. The predicted molar refractivity (Wildman–Crippen MR) is 137 cm³/mol. The van der Waals surface area contributed by atoms with Gasteiger partial charge in [-0.15, -0.1) is 0 Å². The third-order valence-corrected chi connectivity index (χ3v) is 6.00. The number of methoxy groups -OCH3 is 5. The van der Waals surface area contributed by atoms with Crippen LogP contribution in [-0.2, 0) is 0 Å². The van der Waals surface area contributed by atoms with Gasteiger partial charge in [-0.2, -0.15) is 0 Å². The highest BCUT2D eigenvalue weighted by Crippen LogP contribution is 2.42. The van der Waals surface area contributed by atoms with Crippen LogP contribution in [0.2, 0.25) is 5.02 Å². The molecule has 0 aliphatic heterocycles. The number of phenols is 1. The summed E-state index contributed by atoms with van der Waals surface area (Å²) >= 11 is 7.57. The van der Waals surface area contributed by atoms with E-state index in [9.17, 15) is 5.11 Å². The Kier molecular flexibility index (Phi) is 8.67. The minimum absolute atomic E-state index is 0.0169. The number of rotatable bonds is 10. The van der Waals surface area contributed by atoms with Crippen LogP contribution < -0.4 is 28.4 Å². The van der Waals surface area contributed by atoms with Gasteiger partial charge in [0.05, 0.1) is 46.3 Å². The lowest BCUT2D eigenvalue weighted by Gasteiger charge is -2.15. The summed E-state index contributed by atoms with van der Waals surface area (Å²) in [5, 5.41) is 10.8. The van der Waals surface area contributed by atoms with E-state index in [0.29, 0.717) is 39.5 Å². The number of aromatic hydroxyl groups is 1. The smallest absolute Gasteiger partial charge is 0.203 e. The second-order valence-electron chi connectivity index (χ2n) is 6.87. The van der Waals surface area contributed by atoms with E-state index in [0.717, 1.165) is 16.0 Å². The van der Waals surface area contributed by atoms with Crippen LogP contribution in [0, 0.1) is 0 Å². The van der Waals surface area contributed by atoms with Crippen molar-refractivity contribution < 1.29 is 28.8 Å². The summed E-state index contributed by atoms with van der Waals surface area (Å²) in [6.45, 7) is 0. The van der Waals surface area contributed by atoms with Gasteiger partial charge in [0.2, 0.25) is 5.75 Å². The fourth-order valence-electron chi connectivity index (χ4n) is 3.24. The van der Waals surface area contributed by atoms with Crippen LogP contribution in [0.15, 0.2) is 47.4 Å². The molecule has 0 heterocycles. The first-order valence-electron chi connectivity index (χ1n) is 10.1. The van der Waals surface area contributed by atoms with Crippen molar-refractivity contribution in [3.8, 4) is 34.5 Å². The predicted octanol–water partition coefficient (Wildman–Crippen LogP) is 6.38. The van der Waals surface area contributed by atoms with Gasteiger partial charge in [0, 0.05) is 10.5 Å². The molecule has 0 aromatic heterocycles. The molecular formula is C25H26ClNO6S. The van der Waals surface area contributed by atoms with Crippen LogP contribution in [0.5, 0.6) is 34.5 Å². The van der Waals surface area contributed by atoms with Gasteiger partial charge in [-0.25, -0.2) is 0 Å². The average Bonchev–Trinajstić information content (AvgIpc) is 2.86. The summed E-state index contributed by atoms with van der Waals surface area (Å²) in [6, 6.07) is 12.5. The Morgan fingerprint density at radius 3 is 1.97 bits per heavy atom. The molecule has 0 saturated heterocycles. The van der Waals surface area contributed by atoms with E-state index in [1.165, 1.54) is 19.1 Å². The number of halogens is 1. The minimum Gasteiger partial charge on any atom is -0.504 e. The Bertz CT molecular complexity index is 1160. The molecule has 2 N–H and O–H groups in total. The molecule has 3 aromatic carbocycles. The zero-order valence-corrected chi connectivity index (χ0v) is 21.0. The van der Waals surface area contributed by atoms with Crippen molar-refractivity contribution in [2.24, 2.45) is 0 Å². The monoisotopic (exact) mass is 503 g/mol. The van der Waals surface area contributed by atoms with E-state index < -0.39 is 0 Å². The molecule has 0 amide bonds. The third-order valence-electron chi connectivity index (χ3n) is 4.91. The molecule has 0 fully saturated rings. The minimum atomic E-state index is 0.0169. The number of benzene rings is 3. The summed E-state index contributed by atoms with van der Waals surface area (Å²) < 4.78 is 30.2. The van der Waals surface area contributed by atoms with E-state index in [-0.39, 0.29) is 5.75 Å². The SMILES string of the molecule is COc1ccc(SNc2c(/C=C\c3cc(OC)c(OC)c(OC)c3)ccc(O)c2OC)cc1Cl. The molecule has 0 saturated carbocycles. The van der Waals surface area contributed by atoms with Gasteiger partial charge >= 0.3 is 0 Å². The Hall–Kier alpha value is -3.36. The summed E-state index contributed by atoms with van der Waals surface area (Å²) in [5.41, 5.74) is 2.22. The Morgan fingerprint density at radius 2 is 1.41 bits per heavy atom. The molecule has 3 aromatic rings. The molecular weight excluding hydrogens is 478 g/mol. The quantitative estimate of drug-likeness (QED) is 0.244. The Balaban J connectivity index is 1.95. The van der Waals surface area contributed by atoms with E-state index in [2.05, 4.69) is 4.72 Å². The van der Waals surface area contributed by atoms with Crippen molar-refractivity contribution in [2.75, 3.05) is 40.3 Å². The van der Waals surface area contributed by atoms with Crippen LogP contribution in [0.4, 0.5) is 5.69 Å². The summed E-state index contributed by atoms with van der Waals surface area (Å²) in [5.74, 6) is 2.55. The third kappa shape index (κ3) is 5.58. The first-order valence-corrected chi connectivity index (χ1v) is 11.3. The van der Waals surface area contributed by atoms with E-state index >= 15 is 0 Å². The maximum Gasteiger partial charge on any atom is 0.203 e. The second kappa shape index (κ2) is 11.7. The number of ether oxygens (including phenoxy) is 5. The van der Waals surface area contributed by atoms with Crippen molar-refractivity contribution in [3.63, 3.8) is 0 Å². The first-order chi connectivity index (χ1) is 16.4. The zero-order valence-electron chi connectivity index (χ0n) is 19.5. The lowest BCUT2D eigenvalue weighted by molar-refractivity contribution is 0.324. The van der Waals surface area contributed by atoms with Gasteiger partial charge in [0.15, 0.2) is 23.0 Å². The van der Waals surface area contributed by atoms with E-state index in [1.54, 1.807) is 52.7 Å². The van der Waals surface area contributed by atoms with Crippen LogP contribution in [-0.4, -0.2) is 40.7 Å². The van der Waals surface area contributed by atoms with Crippen LogP contribution in [0.3, 0.4) is 0 Å². The van der Waals surface area contributed by atoms with Gasteiger partial charge < -0.3 is 33.5 Å². The fraction of sp³-hybridized carbons (Fsp3) is 0.200. The van der Waals surface area contributed by atoms with E-state index in [1.807, 2.05) is 30.4 Å². The zero-order chi connectivity index (χ0) is 24.7. The molecule has 0 spiro atoms. The average molecular weight is 504 g/mol. The standard InChI is InChI=1S/C25H26ClNO6S/c1-29-20-11-9-17(14-18(20)26)34-27-23-16(8-10-19(28)24(23)32-4)7-6-15-12-21(30-2)25(33-5)22(13-15)31-3/h6-14,27-28H,1-5H3/b7-6-. The molecule has 0 aliphatic carbocycles. The highest BCUT2D eigenvalue weighted by molar-refractivity contribution is 8.00. The molecule has 9 heteroatoms. The number of phenolic OH excluding ortho intramolecular Hbond substituents is 1. The first kappa shape index (κ1) is 25.3. The molecule has 0 unspecified atom stereocenters. The maximum atomic E-state index is 10.3. The van der Waals surface area contributed by atoms with Gasteiger partial charge in [0.1, 0.15) is 5.75 Å². The highest BCUT2D eigenvalue weighted by Gasteiger charge is 2.15. The van der Waals surface area contributed by atoms with Crippen molar-refractivity contribution in [2.45, 2.75) is 4.90 Å². The maximum absolute atomic E-state index is 10.3. The van der Waals surface area contributed by atoms with E-state index in [4.69, 9.17) is 35.3 Å². The summed E-state index contributed by atoms with van der Waals surface area (Å²) in [6.07, 6.45) is 3.79. The van der Waals surface area contributed by atoms with Crippen molar-refractivity contribution in [3.05, 3.63) is 58.6 Å². The van der Waals surface area contributed by atoms with Crippen molar-refractivity contribution in [1.29, 1.82) is 0 Å². The van der Waals surface area contributed by atoms with Gasteiger partial charge in [-0.3, -0.25) is 0 Å². The van der Waals surface area contributed by atoms with Gasteiger partial charge in [-0.05, 0) is 60.0 Å². The van der Waals surface area contributed by atoms with Crippen LogP contribution >= 0.6 is 23.5 Å². The molecule has 34 heavy (non-hydrogen) atoms. The number of anilines is 1. The van der Waals surface area contributed by atoms with Crippen molar-refractivity contribution >= 4 is 41.4 Å². The molecule has 7 nitrogen and oxygen atoms in total. The van der Waals surface area contributed by atoms with Crippen molar-refractivity contribution in [1.82, 2.24) is 0 Å². The molecule has 180 valence electrons. The molecule has 3 rings (SSSR count). The lowest BCUT2D eigenvalue weighted by Crippen LogP contribution is -1.96. The Morgan fingerprint density at radius 1 is 0.765 bits per heavy atom. The van der Waals surface area contributed by atoms with Gasteiger partial charge in [0.25, 0.3) is 0 Å². The molecule has 0 atom stereocenters. The van der Waals surface area contributed by atoms with Crippen LogP contribution in [0.1, 0.15) is 11.1 Å². The molecule has 0 aliphatic rings. The largest absolute Gasteiger partial charge is 0.504 e. The lowest BCUT2D eigenvalue weighted by atomic mass is 10.1. The van der Waals surface area contributed by atoms with Crippen LogP contribution in [0.25, 0.3) is 12.2 Å². The van der Waals surface area contributed by atoms with Gasteiger partial charge in [-0.1, -0.05) is 23.8 Å². The normalized spacial score (nSPS) is 10.8. The second-order valence-corrected chi connectivity index (χ2v) is 8.16.